The van der Waals surface area contributed by atoms with Crippen molar-refractivity contribution in [3.05, 3.63) is 29.2 Å². The highest BCUT2D eigenvalue weighted by atomic mass is 19.4. The molecule has 0 aliphatic carbocycles. The molecule has 0 atom stereocenters. The number of halogens is 3. The van der Waals surface area contributed by atoms with Gasteiger partial charge in [-0.2, -0.15) is 23.3 Å². The Labute approximate surface area is 112 Å². The average molecular weight is 287 g/mol. The molecule has 20 heavy (non-hydrogen) atoms. The van der Waals surface area contributed by atoms with Crippen molar-refractivity contribution in [3.8, 4) is 5.88 Å². The second-order valence-electron chi connectivity index (χ2n) is 4.00. The van der Waals surface area contributed by atoms with Crippen molar-refractivity contribution < 1.29 is 17.9 Å². The van der Waals surface area contributed by atoms with Crippen LogP contribution in [0.25, 0.3) is 0 Å². The second kappa shape index (κ2) is 5.35. The third-order valence-electron chi connectivity index (χ3n) is 2.56. The number of aromatic nitrogens is 4. The molecule has 0 amide bonds. The van der Waals surface area contributed by atoms with E-state index < -0.39 is 11.9 Å². The van der Waals surface area contributed by atoms with Gasteiger partial charge in [0.15, 0.2) is 5.69 Å². The number of hydrogen-bond acceptors (Lipinski definition) is 5. The van der Waals surface area contributed by atoms with E-state index in [4.69, 9.17) is 4.74 Å². The van der Waals surface area contributed by atoms with Crippen LogP contribution < -0.4 is 10.1 Å². The minimum Gasteiger partial charge on any atom is -0.481 e. The van der Waals surface area contributed by atoms with Gasteiger partial charge >= 0.3 is 6.18 Å². The Morgan fingerprint density at radius 1 is 1.35 bits per heavy atom. The minimum absolute atomic E-state index is 0.156. The second-order valence-corrected chi connectivity index (χ2v) is 4.00. The number of nitrogens with zero attached hydrogens (tertiary/aromatic N) is 3. The van der Waals surface area contributed by atoms with Gasteiger partial charge in [0.1, 0.15) is 0 Å². The van der Waals surface area contributed by atoms with Crippen LogP contribution in [0.2, 0.25) is 0 Å². The van der Waals surface area contributed by atoms with Crippen LogP contribution in [0.15, 0.2) is 12.3 Å². The summed E-state index contributed by atoms with van der Waals surface area (Å²) in [6, 6.07) is 0.743. The lowest BCUT2D eigenvalue weighted by atomic mass is 10.3. The van der Waals surface area contributed by atoms with Gasteiger partial charge in [-0.3, -0.25) is 5.10 Å². The van der Waals surface area contributed by atoms with Gasteiger partial charge in [0.25, 0.3) is 0 Å². The van der Waals surface area contributed by atoms with Crippen molar-refractivity contribution in [2.75, 3.05) is 12.4 Å². The molecule has 0 spiro atoms. The van der Waals surface area contributed by atoms with Crippen molar-refractivity contribution in [3.63, 3.8) is 0 Å². The fraction of sp³-hybridized carbons (Fsp3) is 0.364. The molecule has 2 heterocycles. The molecule has 2 N–H and O–H groups in total. The topological polar surface area (TPSA) is 75.7 Å². The number of rotatable bonds is 4. The third kappa shape index (κ3) is 3.16. The van der Waals surface area contributed by atoms with Crippen LogP contribution in [0.3, 0.4) is 0 Å². The number of alkyl halides is 3. The standard InChI is InChI=1S/C11H12F3N5O/c1-6-4-16-19-7(6)5-15-10-17-8(11(12,13)14)3-9(18-10)20-2/h3-4H,5H2,1-2H3,(H,16,19)(H,15,17,18). The molecule has 6 nitrogen and oxygen atoms in total. The summed E-state index contributed by atoms with van der Waals surface area (Å²) in [4.78, 5) is 7.24. The van der Waals surface area contributed by atoms with Crippen molar-refractivity contribution in [1.29, 1.82) is 0 Å². The van der Waals surface area contributed by atoms with Crippen molar-refractivity contribution in [2.24, 2.45) is 0 Å². The molecule has 0 fully saturated rings. The Balaban J connectivity index is 2.21. The van der Waals surface area contributed by atoms with Crippen LogP contribution in [0.5, 0.6) is 5.88 Å². The first kappa shape index (κ1) is 14.1. The largest absolute Gasteiger partial charge is 0.481 e. The molecule has 0 aliphatic rings. The lowest BCUT2D eigenvalue weighted by molar-refractivity contribution is -0.141. The molecule has 0 aliphatic heterocycles. The van der Waals surface area contributed by atoms with Gasteiger partial charge in [0, 0.05) is 6.07 Å². The highest BCUT2D eigenvalue weighted by Crippen LogP contribution is 2.30. The van der Waals surface area contributed by atoms with E-state index in [0.29, 0.717) is 0 Å². The maximum Gasteiger partial charge on any atom is 0.433 e. The zero-order chi connectivity index (χ0) is 14.8. The number of aryl methyl sites for hydroxylation is 1. The van der Waals surface area contributed by atoms with Crippen molar-refractivity contribution >= 4 is 5.95 Å². The Kier molecular flexibility index (Phi) is 3.77. The van der Waals surface area contributed by atoms with E-state index in [9.17, 15) is 13.2 Å². The molecule has 0 bridgehead atoms. The Morgan fingerprint density at radius 3 is 2.65 bits per heavy atom. The van der Waals surface area contributed by atoms with E-state index in [1.165, 1.54) is 7.11 Å². The molecule has 0 aromatic carbocycles. The molecule has 9 heteroatoms. The van der Waals surface area contributed by atoms with Gasteiger partial charge in [-0.1, -0.05) is 0 Å². The van der Waals surface area contributed by atoms with Crippen LogP contribution in [0.4, 0.5) is 19.1 Å². The third-order valence-corrected chi connectivity index (χ3v) is 2.56. The van der Waals surface area contributed by atoms with Gasteiger partial charge in [-0.25, -0.2) is 4.98 Å². The smallest absolute Gasteiger partial charge is 0.433 e. The zero-order valence-corrected chi connectivity index (χ0v) is 10.7. The number of methoxy groups -OCH3 is 1. The average Bonchev–Trinajstić information content (AvgIpc) is 2.80. The lowest BCUT2D eigenvalue weighted by Gasteiger charge is -2.10. The summed E-state index contributed by atoms with van der Waals surface area (Å²) in [6.45, 7) is 2.06. The van der Waals surface area contributed by atoms with E-state index in [2.05, 4.69) is 25.5 Å². The number of hydrogen-bond donors (Lipinski definition) is 2. The predicted octanol–water partition coefficient (Wildman–Crippen LogP) is 2.15. The number of anilines is 1. The number of aromatic amines is 1. The minimum atomic E-state index is -4.56. The van der Waals surface area contributed by atoms with E-state index in [0.717, 1.165) is 17.3 Å². The predicted molar refractivity (Wildman–Crippen MR) is 64.2 cm³/mol. The van der Waals surface area contributed by atoms with Crippen LogP contribution in [-0.2, 0) is 12.7 Å². The van der Waals surface area contributed by atoms with Crippen LogP contribution in [0, 0.1) is 6.92 Å². The number of nitrogens with one attached hydrogen (secondary N) is 2. The molecule has 0 radical (unpaired) electrons. The monoisotopic (exact) mass is 287 g/mol. The maximum atomic E-state index is 12.7. The lowest BCUT2D eigenvalue weighted by Crippen LogP contribution is -2.13. The first-order chi connectivity index (χ1) is 9.40. The fourth-order valence-corrected chi connectivity index (χ4v) is 1.47. The number of ether oxygens (including phenoxy) is 1. The Morgan fingerprint density at radius 2 is 2.10 bits per heavy atom. The molecule has 2 rings (SSSR count). The molecule has 0 saturated carbocycles. The highest BCUT2D eigenvalue weighted by Gasteiger charge is 2.34. The summed E-state index contributed by atoms with van der Waals surface area (Å²) in [5, 5.41) is 9.24. The van der Waals surface area contributed by atoms with Crippen LogP contribution >= 0.6 is 0 Å². The zero-order valence-electron chi connectivity index (χ0n) is 10.7. The summed E-state index contributed by atoms with van der Waals surface area (Å²) in [7, 11) is 1.24. The molecule has 0 saturated heterocycles. The molecule has 2 aromatic rings. The maximum absolute atomic E-state index is 12.7. The highest BCUT2D eigenvalue weighted by molar-refractivity contribution is 5.33. The molecular formula is C11H12F3N5O. The normalized spacial score (nSPS) is 11.4. The van der Waals surface area contributed by atoms with E-state index in [-0.39, 0.29) is 18.4 Å². The van der Waals surface area contributed by atoms with Gasteiger partial charge in [0.05, 0.1) is 25.5 Å². The summed E-state index contributed by atoms with van der Waals surface area (Å²) >= 11 is 0. The molecule has 2 aromatic heterocycles. The molecular weight excluding hydrogens is 275 g/mol. The SMILES string of the molecule is COc1cc(C(F)(F)F)nc(NCc2[nH]ncc2C)n1. The summed E-state index contributed by atoms with van der Waals surface area (Å²) < 4.78 is 42.8. The van der Waals surface area contributed by atoms with Gasteiger partial charge in [-0.15, -0.1) is 0 Å². The Hall–Kier alpha value is -2.32. The fourth-order valence-electron chi connectivity index (χ4n) is 1.47. The van der Waals surface area contributed by atoms with E-state index >= 15 is 0 Å². The van der Waals surface area contributed by atoms with E-state index in [1.807, 2.05) is 6.92 Å². The van der Waals surface area contributed by atoms with Crippen LogP contribution in [0.1, 0.15) is 17.0 Å². The quantitative estimate of drug-likeness (QED) is 0.901. The summed E-state index contributed by atoms with van der Waals surface area (Å²) in [6.07, 6.45) is -2.94. The van der Waals surface area contributed by atoms with Crippen molar-refractivity contribution in [2.45, 2.75) is 19.6 Å². The van der Waals surface area contributed by atoms with Gasteiger partial charge in [0.2, 0.25) is 11.8 Å². The van der Waals surface area contributed by atoms with Gasteiger partial charge < -0.3 is 10.1 Å². The van der Waals surface area contributed by atoms with Crippen molar-refractivity contribution in [1.82, 2.24) is 20.2 Å². The summed E-state index contributed by atoms with van der Waals surface area (Å²) in [5.74, 6) is -0.318. The summed E-state index contributed by atoms with van der Waals surface area (Å²) in [5.41, 5.74) is 0.564. The van der Waals surface area contributed by atoms with Gasteiger partial charge in [-0.05, 0) is 12.5 Å². The Bertz CT molecular complexity index is 596. The first-order valence-electron chi connectivity index (χ1n) is 5.63. The first-order valence-corrected chi connectivity index (χ1v) is 5.63. The molecule has 0 unspecified atom stereocenters. The van der Waals surface area contributed by atoms with E-state index in [1.54, 1.807) is 6.20 Å². The molecule has 108 valence electrons. The van der Waals surface area contributed by atoms with Crippen LogP contribution in [-0.4, -0.2) is 27.3 Å². The number of H-pyrrole nitrogens is 1.